The minimum absolute atomic E-state index is 0.168. The van der Waals surface area contributed by atoms with Gasteiger partial charge >= 0.3 is 5.97 Å². The first kappa shape index (κ1) is 13.3. The molecule has 102 valence electrons. The third-order valence-corrected chi connectivity index (χ3v) is 4.38. The van der Waals surface area contributed by atoms with Crippen molar-refractivity contribution in [2.24, 2.45) is 5.41 Å². The fourth-order valence-corrected chi connectivity index (χ4v) is 2.57. The van der Waals surface area contributed by atoms with Gasteiger partial charge in [-0.25, -0.2) is 0 Å². The highest BCUT2D eigenvalue weighted by atomic mass is 16.4. The van der Waals surface area contributed by atoms with Crippen molar-refractivity contribution in [2.75, 3.05) is 26.2 Å². The first-order valence-corrected chi connectivity index (χ1v) is 6.78. The van der Waals surface area contributed by atoms with E-state index in [1.54, 1.807) is 4.90 Å². The molecule has 1 heterocycles. The largest absolute Gasteiger partial charge is 0.480 e. The zero-order valence-electron chi connectivity index (χ0n) is 11.2. The van der Waals surface area contributed by atoms with Crippen molar-refractivity contribution in [3.8, 4) is 0 Å². The van der Waals surface area contributed by atoms with Crippen LogP contribution in [0.5, 0.6) is 0 Å². The molecule has 1 aliphatic heterocycles. The van der Waals surface area contributed by atoms with Gasteiger partial charge in [-0.15, -0.1) is 0 Å². The standard InChI is InChI=1S/C13H22N2O3/c1-3-10(2)14-6-8-15(9-7-14)11(16)13(4-5-13)12(17)18/h10H,3-9H2,1-2H3,(H,17,18). The van der Waals surface area contributed by atoms with Crippen molar-refractivity contribution in [1.82, 2.24) is 9.80 Å². The van der Waals surface area contributed by atoms with E-state index < -0.39 is 11.4 Å². The summed E-state index contributed by atoms with van der Waals surface area (Å²) in [6, 6.07) is 0.539. The van der Waals surface area contributed by atoms with Gasteiger partial charge in [0.05, 0.1) is 0 Å². The quantitative estimate of drug-likeness (QED) is 0.754. The number of hydrogen-bond acceptors (Lipinski definition) is 3. The molecule has 0 aromatic carbocycles. The normalized spacial score (nSPS) is 24.7. The number of rotatable bonds is 4. The van der Waals surface area contributed by atoms with Gasteiger partial charge in [-0.3, -0.25) is 14.5 Å². The molecule has 1 atom stereocenters. The lowest BCUT2D eigenvalue weighted by Crippen LogP contribution is -2.53. The van der Waals surface area contributed by atoms with Crippen molar-refractivity contribution in [2.45, 2.75) is 39.2 Å². The molecular formula is C13H22N2O3. The van der Waals surface area contributed by atoms with Gasteiger partial charge in [-0.1, -0.05) is 6.92 Å². The fourth-order valence-electron chi connectivity index (χ4n) is 2.57. The fraction of sp³-hybridized carbons (Fsp3) is 0.846. The molecule has 0 aromatic rings. The molecule has 0 aromatic heterocycles. The van der Waals surface area contributed by atoms with Crippen LogP contribution in [0, 0.1) is 5.41 Å². The molecule has 1 N–H and O–H groups in total. The maximum Gasteiger partial charge on any atom is 0.319 e. The number of hydrogen-bond donors (Lipinski definition) is 1. The summed E-state index contributed by atoms with van der Waals surface area (Å²) in [5.74, 6) is -1.12. The van der Waals surface area contributed by atoms with E-state index >= 15 is 0 Å². The summed E-state index contributed by atoms with van der Waals surface area (Å²) in [5, 5.41) is 9.13. The second-order valence-corrected chi connectivity index (χ2v) is 5.47. The lowest BCUT2D eigenvalue weighted by atomic mass is 10.0. The number of carbonyl (C=O) groups excluding carboxylic acids is 1. The van der Waals surface area contributed by atoms with E-state index in [0.29, 0.717) is 32.0 Å². The van der Waals surface area contributed by atoms with Gasteiger partial charge in [0, 0.05) is 32.2 Å². The second kappa shape index (κ2) is 4.88. The molecule has 1 amide bonds. The van der Waals surface area contributed by atoms with Crippen molar-refractivity contribution in [3.63, 3.8) is 0 Å². The van der Waals surface area contributed by atoms with Crippen LogP contribution in [0.4, 0.5) is 0 Å². The van der Waals surface area contributed by atoms with Gasteiger partial charge in [-0.2, -0.15) is 0 Å². The summed E-state index contributed by atoms with van der Waals surface area (Å²) in [4.78, 5) is 27.4. The monoisotopic (exact) mass is 254 g/mol. The molecule has 2 aliphatic rings. The van der Waals surface area contributed by atoms with Crippen molar-refractivity contribution >= 4 is 11.9 Å². The van der Waals surface area contributed by atoms with Crippen LogP contribution in [0.15, 0.2) is 0 Å². The molecule has 0 spiro atoms. The van der Waals surface area contributed by atoms with E-state index in [0.717, 1.165) is 19.5 Å². The van der Waals surface area contributed by atoms with E-state index in [1.165, 1.54) is 0 Å². The number of carboxylic acid groups (broad SMARTS) is 1. The zero-order chi connectivity index (χ0) is 13.3. The maximum absolute atomic E-state index is 12.2. The van der Waals surface area contributed by atoms with Crippen molar-refractivity contribution in [1.29, 1.82) is 0 Å². The number of nitrogens with zero attached hydrogens (tertiary/aromatic N) is 2. The zero-order valence-corrected chi connectivity index (χ0v) is 11.2. The molecule has 1 saturated heterocycles. The van der Waals surface area contributed by atoms with Crippen LogP contribution >= 0.6 is 0 Å². The summed E-state index contributed by atoms with van der Waals surface area (Å²) in [6.45, 7) is 7.40. The first-order valence-electron chi connectivity index (χ1n) is 6.78. The van der Waals surface area contributed by atoms with E-state index in [9.17, 15) is 9.59 Å². The Labute approximate surface area is 108 Å². The summed E-state index contributed by atoms with van der Waals surface area (Å²) in [6.07, 6.45) is 2.12. The molecule has 5 heteroatoms. The van der Waals surface area contributed by atoms with Gasteiger partial charge in [0.1, 0.15) is 5.41 Å². The van der Waals surface area contributed by atoms with Crippen LogP contribution in [0.2, 0.25) is 0 Å². The van der Waals surface area contributed by atoms with Crippen LogP contribution in [-0.4, -0.2) is 59.0 Å². The second-order valence-electron chi connectivity index (χ2n) is 5.47. The summed E-state index contributed by atoms with van der Waals surface area (Å²) in [7, 11) is 0. The molecule has 0 bridgehead atoms. The molecule has 1 unspecified atom stereocenters. The van der Waals surface area contributed by atoms with Gasteiger partial charge in [0.2, 0.25) is 5.91 Å². The molecule has 1 saturated carbocycles. The SMILES string of the molecule is CCC(C)N1CCN(C(=O)C2(C(=O)O)CC2)CC1. The Kier molecular flexibility index (Phi) is 3.61. The Morgan fingerprint density at radius 1 is 1.22 bits per heavy atom. The van der Waals surface area contributed by atoms with Gasteiger partial charge in [-0.05, 0) is 26.2 Å². The Morgan fingerprint density at radius 2 is 1.78 bits per heavy atom. The maximum atomic E-state index is 12.2. The average molecular weight is 254 g/mol. The predicted octanol–water partition coefficient (Wildman–Crippen LogP) is 0.794. The highest BCUT2D eigenvalue weighted by molar-refractivity contribution is 6.04. The predicted molar refractivity (Wildman–Crippen MR) is 67.2 cm³/mol. The van der Waals surface area contributed by atoms with Crippen LogP contribution in [0.3, 0.4) is 0 Å². The Morgan fingerprint density at radius 3 is 2.17 bits per heavy atom. The lowest BCUT2D eigenvalue weighted by molar-refractivity contribution is -0.154. The van der Waals surface area contributed by atoms with Crippen molar-refractivity contribution in [3.05, 3.63) is 0 Å². The molecule has 1 aliphatic carbocycles. The highest BCUT2D eigenvalue weighted by Gasteiger charge is 2.58. The third kappa shape index (κ3) is 2.23. The molecule has 0 radical (unpaired) electrons. The van der Waals surface area contributed by atoms with E-state index in [4.69, 9.17) is 5.11 Å². The van der Waals surface area contributed by atoms with Crippen LogP contribution < -0.4 is 0 Å². The Bertz CT molecular complexity index is 344. The number of carboxylic acids is 1. The van der Waals surface area contributed by atoms with E-state index in [2.05, 4.69) is 18.7 Å². The minimum Gasteiger partial charge on any atom is -0.480 e. The Hall–Kier alpha value is -1.10. The Balaban J connectivity index is 1.90. The van der Waals surface area contributed by atoms with E-state index in [-0.39, 0.29) is 5.91 Å². The molecule has 2 rings (SSSR count). The molecular weight excluding hydrogens is 232 g/mol. The van der Waals surface area contributed by atoms with Gasteiger partial charge < -0.3 is 10.0 Å². The van der Waals surface area contributed by atoms with Crippen LogP contribution in [0.1, 0.15) is 33.1 Å². The number of amides is 1. The summed E-state index contributed by atoms with van der Waals surface area (Å²) in [5.41, 5.74) is -1.07. The summed E-state index contributed by atoms with van der Waals surface area (Å²) >= 11 is 0. The summed E-state index contributed by atoms with van der Waals surface area (Å²) < 4.78 is 0. The average Bonchev–Trinajstić information content (AvgIpc) is 3.18. The smallest absolute Gasteiger partial charge is 0.319 e. The minimum atomic E-state index is -1.07. The number of aliphatic carboxylic acids is 1. The highest BCUT2D eigenvalue weighted by Crippen LogP contribution is 2.47. The van der Waals surface area contributed by atoms with Crippen molar-refractivity contribution < 1.29 is 14.7 Å². The first-order chi connectivity index (χ1) is 8.51. The molecule has 5 nitrogen and oxygen atoms in total. The van der Waals surface area contributed by atoms with Crippen LogP contribution in [0.25, 0.3) is 0 Å². The van der Waals surface area contributed by atoms with Gasteiger partial charge in [0.15, 0.2) is 0 Å². The molecule has 2 fully saturated rings. The van der Waals surface area contributed by atoms with Gasteiger partial charge in [0.25, 0.3) is 0 Å². The van der Waals surface area contributed by atoms with E-state index in [1.807, 2.05) is 0 Å². The number of piperazine rings is 1. The lowest BCUT2D eigenvalue weighted by Gasteiger charge is -2.38. The molecule has 18 heavy (non-hydrogen) atoms. The third-order valence-electron chi connectivity index (χ3n) is 4.38. The number of carbonyl (C=O) groups is 2. The van der Waals surface area contributed by atoms with Crippen LogP contribution in [-0.2, 0) is 9.59 Å². The topological polar surface area (TPSA) is 60.9 Å².